The van der Waals surface area contributed by atoms with E-state index in [0.717, 1.165) is 17.7 Å². The maximum Gasteiger partial charge on any atom is 0.263 e. The molecule has 0 unspecified atom stereocenters. The summed E-state index contributed by atoms with van der Waals surface area (Å²) < 4.78 is 5.07. The highest BCUT2D eigenvalue weighted by atomic mass is 16.5. The number of aromatic nitrogens is 4. The van der Waals surface area contributed by atoms with Crippen LogP contribution in [0.25, 0.3) is 11.5 Å². The normalized spacial score (nSPS) is 10.2. The number of nitrogens with two attached hydrogens (primary N) is 1. The molecule has 0 saturated carbocycles. The smallest absolute Gasteiger partial charge is 0.263 e. The lowest BCUT2D eigenvalue weighted by atomic mass is 10.1. The van der Waals surface area contributed by atoms with E-state index in [9.17, 15) is 4.79 Å². The second-order valence-electron chi connectivity index (χ2n) is 7.33. The third-order valence-corrected chi connectivity index (χ3v) is 4.77. The van der Waals surface area contributed by atoms with Gasteiger partial charge in [0.05, 0.1) is 0 Å². The van der Waals surface area contributed by atoms with Gasteiger partial charge in [0.15, 0.2) is 5.82 Å². The van der Waals surface area contributed by atoms with E-state index in [1.54, 1.807) is 26.1 Å². The number of aliphatic hydroxyl groups is 1. The first-order valence-electron chi connectivity index (χ1n) is 10.6. The van der Waals surface area contributed by atoms with Crippen LogP contribution < -0.4 is 16.4 Å². The maximum atomic E-state index is 11.7. The Balaban J connectivity index is 0.000000302. The number of nitrogen functional groups attached to an aromatic ring is 1. The van der Waals surface area contributed by atoms with Crippen LogP contribution in [0, 0.1) is 13.8 Å². The van der Waals surface area contributed by atoms with Gasteiger partial charge in [0.2, 0.25) is 5.95 Å². The number of anilines is 3. The number of hydrogen-bond acceptors (Lipinski definition) is 9. The fourth-order valence-electron chi connectivity index (χ4n) is 3.06. The second kappa shape index (κ2) is 11.5. The molecule has 0 saturated heterocycles. The van der Waals surface area contributed by atoms with E-state index in [0.29, 0.717) is 22.9 Å². The first-order chi connectivity index (χ1) is 16.4. The molecule has 5 N–H and O–H groups in total. The zero-order valence-corrected chi connectivity index (χ0v) is 19.2. The Hall–Kier alpha value is -4.31. The van der Waals surface area contributed by atoms with Gasteiger partial charge in [-0.05, 0) is 49.6 Å². The minimum atomic E-state index is -0.135. The fraction of sp³-hybridized carbons (Fsp3) is 0.208. The largest absolute Gasteiger partial charge is 0.396 e. The molecule has 2 aromatic heterocycles. The van der Waals surface area contributed by atoms with Gasteiger partial charge < -0.3 is 26.0 Å². The van der Waals surface area contributed by atoms with Crippen LogP contribution in [0.3, 0.4) is 0 Å². The summed E-state index contributed by atoms with van der Waals surface area (Å²) in [4.78, 5) is 24.3. The molecule has 176 valence electrons. The number of carbonyl (C=O) groups is 1. The van der Waals surface area contributed by atoms with Crippen molar-refractivity contribution in [1.29, 1.82) is 0 Å². The van der Waals surface area contributed by atoms with E-state index in [1.807, 2.05) is 43.3 Å². The summed E-state index contributed by atoms with van der Waals surface area (Å²) in [6.45, 7) is 3.81. The van der Waals surface area contributed by atoms with Crippen molar-refractivity contribution >= 4 is 23.4 Å². The lowest BCUT2D eigenvalue weighted by Gasteiger charge is -2.09. The topological polar surface area (TPSA) is 152 Å². The molecule has 0 aliphatic rings. The van der Waals surface area contributed by atoms with E-state index in [1.165, 1.54) is 11.8 Å². The molecule has 4 aromatic rings. The quantitative estimate of drug-likeness (QED) is 0.339. The van der Waals surface area contributed by atoms with Gasteiger partial charge in [-0.2, -0.15) is 9.97 Å². The summed E-state index contributed by atoms with van der Waals surface area (Å²) in [6, 6.07) is 15.3. The van der Waals surface area contributed by atoms with E-state index in [4.69, 9.17) is 15.4 Å². The molecule has 4 rings (SSSR count). The Morgan fingerprint density at radius 2 is 1.88 bits per heavy atom. The van der Waals surface area contributed by atoms with Gasteiger partial charge in [-0.15, -0.1) is 0 Å². The van der Waals surface area contributed by atoms with Crippen LogP contribution in [0.15, 0.2) is 59.3 Å². The summed E-state index contributed by atoms with van der Waals surface area (Å²) in [6.07, 6.45) is 2.28. The number of aryl methyl sites for hydroxylation is 2. The number of aliphatic hydroxyl groups excluding tert-OH is 1. The highest BCUT2D eigenvalue weighted by Gasteiger charge is 2.13. The molecule has 2 heterocycles. The number of amides is 1. The van der Waals surface area contributed by atoms with Crippen LogP contribution in [0.1, 0.15) is 27.3 Å². The van der Waals surface area contributed by atoms with Gasteiger partial charge in [-0.1, -0.05) is 35.5 Å². The predicted molar refractivity (Wildman–Crippen MR) is 130 cm³/mol. The Morgan fingerprint density at radius 3 is 2.47 bits per heavy atom. The Kier molecular flexibility index (Phi) is 8.25. The molecular weight excluding hydrogens is 434 g/mol. The van der Waals surface area contributed by atoms with E-state index in [2.05, 4.69) is 30.7 Å². The van der Waals surface area contributed by atoms with Crippen molar-refractivity contribution in [1.82, 2.24) is 25.4 Å². The van der Waals surface area contributed by atoms with Gasteiger partial charge in [0.1, 0.15) is 11.4 Å². The monoisotopic (exact) mass is 461 g/mol. The molecule has 2 aromatic carbocycles. The van der Waals surface area contributed by atoms with Gasteiger partial charge in [-0.3, -0.25) is 4.79 Å². The Morgan fingerprint density at radius 1 is 1.12 bits per heavy atom. The van der Waals surface area contributed by atoms with Crippen molar-refractivity contribution in [2.75, 3.05) is 24.7 Å². The van der Waals surface area contributed by atoms with Crippen LogP contribution in [0.4, 0.5) is 17.5 Å². The van der Waals surface area contributed by atoms with Crippen molar-refractivity contribution in [3.8, 4) is 11.5 Å². The molecule has 34 heavy (non-hydrogen) atoms. The molecule has 0 aliphatic carbocycles. The minimum absolute atomic E-state index is 0.135. The molecule has 1 amide bonds. The SMILES string of the molecule is CNC(=O)c1ccc(Nc2ncc(-c3nc(C)no3)c(N)n2)cc1C.OCCc1ccccc1. The zero-order chi connectivity index (χ0) is 24.5. The van der Waals surface area contributed by atoms with E-state index >= 15 is 0 Å². The summed E-state index contributed by atoms with van der Waals surface area (Å²) in [5.41, 5.74) is 9.80. The van der Waals surface area contributed by atoms with Crippen LogP contribution in [-0.2, 0) is 6.42 Å². The predicted octanol–water partition coefficient (Wildman–Crippen LogP) is 3.05. The zero-order valence-electron chi connectivity index (χ0n) is 19.2. The van der Waals surface area contributed by atoms with Gasteiger partial charge in [0, 0.05) is 31.1 Å². The lowest BCUT2D eigenvalue weighted by molar-refractivity contribution is 0.0962. The van der Waals surface area contributed by atoms with Crippen molar-refractivity contribution in [2.45, 2.75) is 20.3 Å². The average molecular weight is 462 g/mol. The Labute approximate surface area is 197 Å². The summed E-state index contributed by atoms with van der Waals surface area (Å²) in [7, 11) is 1.59. The fourth-order valence-corrected chi connectivity index (χ4v) is 3.06. The van der Waals surface area contributed by atoms with Gasteiger partial charge in [-0.25, -0.2) is 4.98 Å². The van der Waals surface area contributed by atoms with Crippen LogP contribution in [-0.4, -0.2) is 44.8 Å². The van der Waals surface area contributed by atoms with Crippen molar-refractivity contribution < 1.29 is 14.4 Å². The Bertz CT molecular complexity index is 1240. The second-order valence-corrected chi connectivity index (χ2v) is 7.33. The summed E-state index contributed by atoms with van der Waals surface area (Å²) >= 11 is 0. The third kappa shape index (κ3) is 6.36. The van der Waals surface area contributed by atoms with Crippen LogP contribution in [0.5, 0.6) is 0 Å². The average Bonchev–Trinajstić information content (AvgIpc) is 3.26. The van der Waals surface area contributed by atoms with Crippen LogP contribution in [0.2, 0.25) is 0 Å². The van der Waals surface area contributed by atoms with Crippen LogP contribution >= 0.6 is 0 Å². The number of nitrogens with zero attached hydrogens (tertiary/aromatic N) is 4. The number of nitrogens with one attached hydrogen (secondary N) is 2. The van der Waals surface area contributed by atoms with E-state index in [-0.39, 0.29) is 24.2 Å². The third-order valence-electron chi connectivity index (χ3n) is 4.77. The van der Waals surface area contributed by atoms with Crippen molar-refractivity contribution in [2.24, 2.45) is 0 Å². The number of rotatable bonds is 6. The number of hydrogen-bond donors (Lipinski definition) is 4. The highest BCUT2D eigenvalue weighted by molar-refractivity contribution is 5.95. The molecule has 0 bridgehead atoms. The van der Waals surface area contributed by atoms with Crippen molar-refractivity contribution in [3.63, 3.8) is 0 Å². The maximum absolute atomic E-state index is 11.7. The van der Waals surface area contributed by atoms with E-state index < -0.39 is 0 Å². The summed E-state index contributed by atoms with van der Waals surface area (Å²) in [5.74, 6) is 1.18. The molecule has 0 radical (unpaired) electrons. The molecule has 0 aliphatic heterocycles. The molecule has 0 fully saturated rings. The summed E-state index contributed by atoms with van der Waals surface area (Å²) in [5, 5.41) is 17.9. The lowest BCUT2D eigenvalue weighted by Crippen LogP contribution is -2.18. The number of benzene rings is 2. The standard InChI is InChI=1S/C16H17N7O2.C8H10O/c1-8-6-10(4-5-11(8)14(24)18-3)21-16-19-7-12(13(17)22-16)15-20-9(2)23-25-15;9-7-6-8-4-2-1-3-5-8/h4-7H,1-3H3,(H,18,24)(H3,17,19,21,22);1-5,9H,6-7H2. The van der Waals surface area contributed by atoms with Gasteiger partial charge in [0.25, 0.3) is 11.8 Å². The molecule has 0 spiro atoms. The first kappa shape index (κ1) is 24.3. The molecule has 10 nitrogen and oxygen atoms in total. The highest BCUT2D eigenvalue weighted by Crippen LogP contribution is 2.24. The van der Waals surface area contributed by atoms with Gasteiger partial charge >= 0.3 is 0 Å². The minimum Gasteiger partial charge on any atom is -0.396 e. The first-order valence-corrected chi connectivity index (χ1v) is 10.6. The molecule has 10 heteroatoms. The number of carbonyl (C=O) groups excluding carboxylic acids is 1. The van der Waals surface area contributed by atoms with Crippen molar-refractivity contribution in [3.05, 3.63) is 77.2 Å². The molecular formula is C24H27N7O3. The molecule has 0 atom stereocenters.